The van der Waals surface area contributed by atoms with Crippen LogP contribution in [0.15, 0.2) is 39.6 Å². The van der Waals surface area contributed by atoms with Gasteiger partial charge in [-0.15, -0.1) is 0 Å². The topological polar surface area (TPSA) is 76.4 Å². The number of carbonyl (C=O) groups is 1. The van der Waals surface area contributed by atoms with E-state index in [4.69, 9.17) is 0 Å². The fourth-order valence-electron chi connectivity index (χ4n) is 3.90. The van der Waals surface area contributed by atoms with Crippen molar-refractivity contribution < 1.29 is 44.0 Å². The highest BCUT2D eigenvalue weighted by atomic mass is 32.2. The average Bonchev–Trinajstić information content (AvgIpc) is 3.11. The van der Waals surface area contributed by atoms with Crippen molar-refractivity contribution in [1.29, 1.82) is 0 Å². The Morgan fingerprint density at radius 2 is 1.67 bits per heavy atom. The van der Waals surface area contributed by atoms with Crippen LogP contribution in [0.3, 0.4) is 0 Å². The summed E-state index contributed by atoms with van der Waals surface area (Å²) in [5.74, 6) is -3.07. The van der Waals surface area contributed by atoms with Crippen LogP contribution in [-0.4, -0.2) is 26.1 Å². The SMILES string of the molecule is Cc1cc(C(=O)N[C@H]2CC[C@H](CS(=O)(=O)c3cccc(C(F)(F)F)c3)CC2)c(C(F)(F)F)o1. The van der Waals surface area contributed by atoms with Crippen LogP contribution >= 0.6 is 0 Å². The van der Waals surface area contributed by atoms with Crippen LogP contribution in [0.1, 0.15) is 53.1 Å². The molecule has 0 aliphatic heterocycles. The lowest BCUT2D eigenvalue weighted by molar-refractivity contribution is -0.153. The minimum absolute atomic E-state index is 0.0593. The van der Waals surface area contributed by atoms with Crippen molar-refractivity contribution in [2.45, 2.75) is 55.9 Å². The van der Waals surface area contributed by atoms with Crippen LogP contribution in [0.4, 0.5) is 26.3 Å². The highest BCUT2D eigenvalue weighted by molar-refractivity contribution is 7.91. The molecule has 5 nitrogen and oxygen atoms in total. The molecule has 1 saturated carbocycles. The first-order valence-corrected chi connectivity index (χ1v) is 11.7. The Balaban J connectivity index is 1.60. The number of furan rings is 1. The molecule has 1 amide bonds. The summed E-state index contributed by atoms with van der Waals surface area (Å²) in [6.07, 6.45) is -8.14. The Labute approximate surface area is 186 Å². The minimum atomic E-state index is -4.82. The number of alkyl halides is 6. The number of hydrogen-bond acceptors (Lipinski definition) is 4. The summed E-state index contributed by atoms with van der Waals surface area (Å²) in [6.45, 7) is 1.29. The van der Waals surface area contributed by atoms with E-state index < -0.39 is 55.9 Å². The first kappa shape index (κ1) is 25.1. The summed E-state index contributed by atoms with van der Waals surface area (Å²) in [4.78, 5) is 11.9. The van der Waals surface area contributed by atoms with Crippen LogP contribution in [0, 0.1) is 12.8 Å². The monoisotopic (exact) mass is 497 g/mol. The number of sulfone groups is 1. The maximum Gasteiger partial charge on any atom is 0.450 e. The molecule has 182 valence electrons. The van der Waals surface area contributed by atoms with Crippen molar-refractivity contribution >= 4 is 15.7 Å². The van der Waals surface area contributed by atoms with E-state index >= 15 is 0 Å². The number of nitrogens with one attached hydrogen (secondary N) is 1. The molecule has 1 N–H and O–H groups in total. The Bertz CT molecular complexity index is 1110. The molecule has 0 saturated heterocycles. The molecule has 1 aliphatic carbocycles. The number of halogens is 6. The van der Waals surface area contributed by atoms with Crippen LogP contribution in [0.25, 0.3) is 0 Å². The van der Waals surface area contributed by atoms with Crippen LogP contribution in [0.5, 0.6) is 0 Å². The molecule has 0 atom stereocenters. The molecule has 1 aliphatic rings. The Morgan fingerprint density at radius 3 is 2.24 bits per heavy atom. The van der Waals surface area contributed by atoms with Crippen molar-refractivity contribution in [1.82, 2.24) is 5.32 Å². The molecule has 0 unspecified atom stereocenters. The number of hydrogen-bond donors (Lipinski definition) is 1. The highest BCUT2D eigenvalue weighted by Gasteiger charge is 2.40. The summed E-state index contributed by atoms with van der Waals surface area (Å²) in [7, 11) is -3.97. The minimum Gasteiger partial charge on any atom is -0.456 e. The van der Waals surface area contributed by atoms with Gasteiger partial charge < -0.3 is 9.73 Å². The fraction of sp³-hybridized carbons (Fsp3) is 0.476. The van der Waals surface area contributed by atoms with Crippen LogP contribution < -0.4 is 5.32 Å². The first-order chi connectivity index (χ1) is 15.2. The van der Waals surface area contributed by atoms with Gasteiger partial charge in [0.15, 0.2) is 9.84 Å². The zero-order valence-corrected chi connectivity index (χ0v) is 18.2. The van der Waals surface area contributed by atoms with Gasteiger partial charge in [-0.25, -0.2) is 8.42 Å². The van der Waals surface area contributed by atoms with Gasteiger partial charge in [0, 0.05) is 6.04 Å². The third kappa shape index (κ3) is 6.10. The fourth-order valence-corrected chi connectivity index (χ4v) is 5.64. The normalized spacial score (nSPS) is 20.0. The van der Waals surface area contributed by atoms with E-state index in [0.29, 0.717) is 31.7 Å². The van der Waals surface area contributed by atoms with Gasteiger partial charge in [-0.1, -0.05) is 6.07 Å². The number of aryl methyl sites for hydroxylation is 1. The summed E-state index contributed by atoms with van der Waals surface area (Å²) >= 11 is 0. The lowest BCUT2D eigenvalue weighted by Crippen LogP contribution is -2.39. The third-order valence-corrected chi connectivity index (χ3v) is 7.40. The summed E-state index contributed by atoms with van der Waals surface area (Å²) < 4.78 is 108. The molecule has 33 heavy (non-hydrogen) atoms. The van der Waals surface area contributed by atoms with Crippen molar-refractivity contribution in [3.05, 3.63) is 53.0 Å². The molecule has 2 aromatic rings. The molecular formula is C21H21F6NO4S. The second-order valence-corrected chi connectivity index (χ2v) is 10.1. The second kappa shape index (κ2) is 9.03. The lowest BCUT2D eigenvalue weighted by Gasteiger charge is -2.29. The van der Waals surface area contributed by atoms with E-state index in [1.54, 1.807) is 0 Å². The quantitative estimate of drug-likeness (QED) is 0.563. The molecular weight excluding hydrogens is 476 g/mol. The average molecular weight is 497 g/mol. The van der Waals surface area contributed by atoms with E-state index in [2.05, 4.69) is 9.73 Å². The number of rotatable bonds is 5. The van der Waals surface area contributed by atoms with Crippen molar-refractivity contribution in [2.24, 2.45) is 5.92 Å². The second-order valence-electron chi connectivity index (χ2n) is 8.10. The van der Waals surface area contributed by atoms with E-state index in [1.165, 1.54) is 6.92 Å². The molecule has 0 radical (unpaired) electrons. The van der Waals surface area contributed by atoms with Gasteiger partial charge >= 0.3 is 12.4 Å². The van der Waals surface area contributed by atoms with Crippen molar-refractivity contribution in [3.8, 4) is 0 Å². The molecule has 12 heteroatoms. The molecule has 0 spiro atoms. The predicted molar refractivity (Wildman–Crippen MR) is 105 cm³/mol. The maximum absolute atomic E-state index is 13.0. The highest BCUT2D eigenvalue weighted by Crippen LogP contribution is 2.35. The summed E-state index contributed by atoms with van der Waals surface area (Å²) in [5, 5.41) is 2.53. The van der Waals surface area contributed by atoms with Gasteiger partial charge in [0.25, 0.3) is 5.91 Å². The zero-order valence-electron chi connectivity index (χ0n) is 17.4. The van der Waals surface area contributed by atoms with E-state index in [-0.39, 0.29) is 17.4 Å². The third-order valence-electron chi connectivity index (χ3n) is 5.51. The van der Waals surface area contributed by atoms with Crippen LogP contribution in [-0.2, 0) is 22.2 Å². The molecule has 0 bridgehead atoms. The number of amides is 1. The van der Waals surface area contributed by atoms with Gasteiger partial charge in [-0.05, 0) is 62.8 Å². The molecule has 3 rings (SSSR count). The van der Waals surface area contributed by atoms with Crippen LogP contribution in [0.2, 0.25) is 0 Å². The van der Waals surface area contributed by atoms with Gasteiger partial charge in [0.05, 0.1) is 21.8 Å². The van der Waals surface area contributed by atoms with E-state index in [9.17, 15) is 39.6 Å². The van der Waals surface area contributed by atoms with Crippen molar-refractivity contribution in [2.75, 3.05) is 5.75 Å². The zero-order chi connectivity index (χ0) is 24.6. The smallest absolute Gasteiger partial charge is 0.450 e. The molecule has 1 fully saturated rings. The largest absolute Gasteiger partial charge is 0.456 e. The molecule has 1 heterocycles. The Hall–Kier alpha value is -2.50. The van der Waals surface area contributed by atoms with Gasteiger partial charge in [0.2, 0.25) is 5.76 Å². The molecule has 1 aromatic heterocycles. The van der Waals surface area contributed by atoms with E-state index in [1.807, 2.05) is 0 Å². The number of benzene rings is 1. The summed E-state index contributed by atoms with van der Waals surface area (Å²) in [5.41, 5.74) is -1.67. The predicted octanol–water partition coefficient (Wildman–Crippen LogP) is 5.39. The number of carbonyl (C=O) groups excluding carboxylic acids is 1. The molecule has 1 aromatic carbocycles. The Kier molecular flexibility index (Phi) is 6.88. The lowest BCUT2D eigenvalue weighted by atomic mass is 9.87. The standard InChI is InChI=1S/C21H21F6NO4S/c1-12-9-17(18(32-12)21(25,26)27)19(29)28-15-7-5-13(6-8-15)11-33(30,31)16-4-2-3-14(10-16)20(22,23)24/h2-4,9-10,13,15H,5-8,11H2,1H3,(H,28,29)/t13-,15-. The maximum atomic E-state index is 13.0. The van der Waals surface area contributed by atoms with Gasteiger partial charge in [-0.2, -0.15) is 26.3 Å². The van der Waals surface area contributed by atoms with Crippen molar-refractivity contribution in [3.63, 3.8) is 0 Å². The van der Waals surface area contributed by atoms with E-state index in [0.717, 1.165) is 24.3 Å². The summed E-state index contributed by atoms with van der Waals surface area (Å²) in [6, 6.07) is 4.09. The van der Waals surface area contributed by atoms with Gasteiger partial charge in [-0.3, -0.25) is 4.79 Å². The first-order valence-electron chi connectivity index (χ1n) is 10.1. The van der Waals surface area contributed by atoms with Gasteiger partial charge in [0.1, 0.15) is 5.76 Å². The Morgan fingerprint density at radius 1 is 1.03 bits per heavy atom.